The SMILES string of the molecule is O=C(Cn1ccc(C(F)(F)F)n1)NN=Cc1c(O)ccc2ccccc12. The summed E-state index contributed by atoms with van der Waals surface area (Å²) in [6, 6.07) is 11.3. The summed E-state index contributed by atoms with van der Waals surface area (Å²) in [6.45, 7) is -0.422. The van der Waals surface area contributed by atoms with Gasteiger partial charge >= 0.3 is 6.18 Å². The fourth-order valence-corrected chi connectivity index (χ4v) is 2.37. The molecule has 1 aromatic heterocycles. The highest BCUT2D eigenvalue weighted by atomic mass is 19.4. The number of rotatable bonds is 4. The molecule has 0 aliphatic heterocycles. The molecule has 3 rings (SSSR count). The Kier molecular flexibility index (Phi) is 4.61. The van der Waals surface area contributed by atoms with Crippen LogP contribution in [0.25, 0.3) is 10.8 Å². The van der Waals surface area contributed by atoms with Gasteiger partial charge in [0, 0.05) is 11.8 Å². The molecule has 0 saturated carbocycles. The van der Waals surface area contributed by atoms with Crippen LogP contribution in [-0.2, 0) is 17.5 Å². The molecule has 0 saturated heterocycles. The zero-order valence-corrected chi connectivity index (χ0v) is 13.2. The number of phenolic OH excluding ortho intramolecular Hbond substituents is 1. The minimum Gasteiger partial charge on any atom is -0.507 e. The molecular formula is C17H13F3N4O2. The van der Waals surface area contributed by atoms with Gasteiger partial charge in [-0.2, -0.15) is 23.4 Å². The minimum absolute atomic E-state index is 0.0106. The van der Waals surface area contributed by atoms with E-state index in [1.165, 1.54) is 12.3 Å². The molecule has 1 amide bonds. The predicted molar refractivity (Wildman–Crippen MR) is 88.6 cm³/mol. The number of nitrogens with zero attached hydrogens (tertiary/aromatic N) is 3. The third-order valence-corrected chi connectivity index (χ3v) is 3.57. The van der Waals surface area contributed by atoms with E-state index in [2.05, 4.69) is 15.6 Å². The maximum atomic E-state index is 12.5. The second-order valence-corrected chi connectivity index (χ2v) is 5.41. The number of fused-ring (bicyclic) bond motifs is 1. The largest absolute Gasteiger partial charge is 0.507 e. The van der Waals surface area contributed by atoms with Crippen molar-refractivity contribution in [3.05, 3.63) is 59.9 Å². The van der Waals surface area contributed by atoms with Crippen LogP contribution in [0.3, 0.4) is 0 Å². The summed E-state index contributed by atoms with van der Waals surface area (Å²) >= 11 is 0. The van der Waals surface area contributed by atoms with Gasteiger partial charge in [-0.1, -0.05) is 30.3 Å². The molecule has 9 heteroatoms. The summed E-state index contributed by atoms with van der Waals surface area (Å²) in [5, 5.41) is 18.6. The molecule has 3 aromatic rings. The zero-order valence-electron chi connectivity index (χ0n) is 13.2. The quantitative estimate of drug-likeness (QED) is 0.553. The van der Waals surface area contributed by atoms with Crippen LogP contribution in [0.5, 0.6) is 5.75 Å². The van der Waals surface area contributed by atoms with Crippen molar-refractivity contribution in [3.63, 3.8) is 0 Å². The maximum absolute atomic E-state index is 12.5. The second-order valence-electron chi connectivity index (χ2n) is 5.41. The van der Waals surface area contributed by atoms with E-state index in [0.717, 1.165) is 27.7 Å². The molecule has 2 N–H and O–H groups in total. The average molecular weight is 362 g/mol. The van der Waals surface area contributed by atoms with Crippen LogP contribution in [-0.4, -0.2) is 27.0 Å². The molecule has 0 atom stereocenters. The van der Waals surface area contributed by atoms with Crippen molar-refractivity contribution in [2.24, 2.45) is 5.10 Å². The minimum atomic E-state index is -4.56. The third-order valence-electron chi connectivity index (χ3n) is 3.57. The predicted octanol–water partition coefficient (Wildman–Crippen LogP) is 2.91. The first-order valence-electron chi connectivity index (χ1n) is 7.48. The van der Waals surface area contributed by atoms with Crippen molar-refractivity contribution in [2.45, 2.75) is 12.7 Å². The van der Waals surface area contributed by atoms with Gasteiger partial charge in [0.2, 0.25) is 0 Å². The summed E-state index contributed by atoms with van der Waals surface area (Å²) in [7, 11) is 0. The highest BCUT2D eigenvalue weighted by Crippen LogP contribution is 2.27. The topological polar surface area (TPSA) is 79.5 Å². The Labute approximate surface area is 145 Å². The van der Waals surface area contributed by atoms with Gasteiger partial charge in [0.15, 0.2) is 5.69 Å². The Hall–Kier alpha value is -3.36. The molecule has 0 unspecified atom stereocenters. The monoisotopic (exact) mass is 362 g/mol. The second kappa shape index (κ2) is 6.87. The molecule has 6 nitrogen and oxygen atoms in total. The number of carbonyl (C=O) groups is 1. The van der Waals surface area contributed by atoms with Gasteiger partial charge in [0.25, 0.3) is 5.91 Å². The van der Waals surface area contributed by atoms with Gasteiger partial charge in [-0.15, -0.1) is 0 Å². The van der Waals surface area contributed by atoms with Gasteiger partial charge in [-0.25, -0.2) is 5.43 Å². The van der Waals surface area contributed by atoms with E-state index in [0.29, 0.717) is 5.56 Å². The van der Waals surface area contributed by atoms with E-state index >= 15 is 0 Å². The van der Waals surface area contributed by atoms with Gasteiger partial charge < -0.3 is 5.11 Å². The number of halogens is 3. The lowest BCUT2D eigenvalue weighted by Crippen LogP contribution is -2.23. The van der Waals surface area contributed by atoms with Crippen molar-refractivity contribution in [1.29, 1.82) is 0 Å². The number of phenols is 1. The van der Waals surface area contributed by atoms with E-state index in [9.17, 15) is 23.1 Å². The summed E-state index contributed by atoms with van der Waals surface area (Å²) in [4.78, 5) is 11.8. The number of amides is 1. The summed E-state index contributed by atoms with van der Waals surface area (Å²) < 4.78 is 38.3. The molecule has 0 fully saturated rings. The standard InChI is InChI=1S/C17H13F3N4O2/c18-17(19,20)15-7-8-24(23-15)10-16(26)22-21-9-13-12-4-2-1-3-11(12)5-6-14(13)25/h1-9,25H,10H2,(H,22,26). The Bertz CT molecular complexity index is 980. The Morgan fingerprint density at radius 2 is 2.00 bits per heavy atom. The van der Waals surface area contributed by atoms with Crippen LogP contribution in [0.1, 0.15) is 11.3 Å². The van der Waals surface area contributed by atoms with Gasteiger partial charge in [0.1, 0.15) is 12.3 Å². The highest BCUT2D eigenvalue weighted by Gasteiger charge is 2.33. The Morgan fingerprint density at radius 1 is 1.23 bits per heavy atom. The number of hydrazone groups is 1. The molecule has 0 bridgehead atoms. The van der Waals surface area contributed by atoms with E-state index in [1.807, 2.05) is 12.1 Å². The molecule has 0 aliphatic carbocycles. The average Bonchev–Trinajstić information content (AvgIpc) is 3.05. The number of benzene rings is 2. The lowest BCUT2D eigenvalue weighted by Gasteiger charge is -2.05. The van der Waals surface area contributed by atoms with Crippen molar-refractivity contribution >= 4 is 22.9 Å². The summed E-state index contributed by atoms with van der Waals surface area (Å²) in [5.41, 5.74) is 1.54. The lowest BCUT2D eigenvalue weighted by molar-refractivity contribution is -0.141. The highest BCUT2D eigenvalue weighted by molar-refractivity contribution is 6.02. The summed E-state index contributed by atoms with van der Waals surface area (Å²) in [5.74, 6) is -0.665. The number of hydrogen-bond donors (Lipinski definition) is 2. The van der Waals surface area contributed by atoms with Crippen molar-refractivity contribution < 1.29 is 23.1 Å². The van der Waals surface area contributed by atoms with Gasteiger partial charge in [0.05, 0.1) is 6.21 Å². The number of hydrogen-bond acceptors (Lipinski definition) is 4. The molecule has 26 heavy (non-hydrogen) atoms. The maximum Gasteiger partial charge on any atom is 0.435 e. The molecule has 0 radical (unpaired) electrons. The first kappa shape index (κ1) is 17.5. The fraction of sp³-hybridized carbons (Fsp3) is 0.118. The van der Waals surface area contributed by atoms with Crippen LogP contribution in [0.4, 0.5) is 13.2 Å². The van der Waals surface area contributed by atoms with E-state index in [1.54, 1.807) is 18.2 Å². The lowest BCUT2D eigenvalue weighted by atomic mass is 10.0. The van der Waals surface area contributed by atoms with Crippen LogP contribution >= 0.6 is 0 Å². The third kappa shape index (κ3) is 3.82. The van der Waals surface area contributed by atoms with Crippen molar-refractivity contribution in [3.8, 4) is 5.75 Å². The van der Waals surface area contributed by atoms with E-state index < -0.39 is 24.3 Å². The van der Waals surface area contributed by atoms with E-state index in [4.69, 9.17) is 0 Å². The number of aromatic nitrogens is 2. The van der Waals surface area contributed by atoms with Crippen LogP contribution < -0.4 is 5.43 Å². The Balaban J connectivity index is 1.68. The molecule has 1 heterocycles. The smallest absolute Gasteiger partial charge is 0.435 e. The Morgan fingerprint density at radius 3 is 2.73 bits per heavy atom. The number of nitrogens with one attached hydrogen (secondary N) is 1. The van der Waals surface area contributed by atoms with Gasteiger partial charge in [-0.05, 0) is 22.9 Å². The van der Waals surface area contributed by atoms with Crippen molar-refractivity contribution in [1.82, 2.24) is 15.2 Å². The normalized spacial score (nSPS) is 12.0. The molecule has 0 spiro atoms. The molecular weight excluding hydrogens is 349 g/mol. The van der Waals surface area contributed by atoms with E-state index in [-0.39, 0.29) is 5.75 Å². The molecule has 134 valence electrons. The van der Waals surface area contributed by atoms with Crippen LogP contribution in [0.15, 0.2) is 53.8 Å². The van der Waals surface area contributed by atoms with Crippen molar-refractivity contribution in [2.75, 3.05) is 0 Å². The molecule has 0 aliphatic rings. The first-order chi connectivity index (χ1) is 12.3. The summed E-state index contributed by atoms with van der Waals surface area (Å²) in [6.07, 6.45) is -2.23. The molecule has 2 aromatic carbocycles. The number of alkyl halides is 3. The van der Waals surface area contributed by atoms with Crippen LogP contribution in [0.2, 0.25) is 0 Å². The van der Waals surface area contributed by atoms with Crippen LogP contribution in [0, 0.1) is 0 Å². The first-order valence-corrected chi connectivity index (χ1v) is 7.48. The number of carbonyl (C=O) groups excluding carboxylic acids is 1. The fourth-order valence-electron chi connectivity index (χ4n) is 2.37. The zero-order chi connectivity index (χ0) is 18.7. The number of aromatic hydroxyl groups is 1. The van der Waals surface area contributed by atoms with Gasteiger partial charge in [-0.3, -0.25) is 9.48 Å².